The van der Waals surface area contributed by atoms with Gasteiger partial charge in [0.05, 0.1) is 25.9 Å². The molecule has 0 saturated carbocycles. The summed E-state index contributed by atoms with van der Waals surface area (Å²) >= 11 is 0. The van der Waals surface area contributed by atoms with Crippen molar-refractivity contribution in [1.29, 1.82) is 0 Å². The molecule has 150 valence electrons. The van der Waals surface area contributed by atoms with E-state index in [0.717, 1.165) is 12.8 Å². The molecule has 6 nitrogen and oxygen atoms in total. The molecular formula is C19H40N2O4. The lowest BCUT2D eigenvalue weighted by Gasteiger charge is -2.21. The predicted molar refractivity (Wildman–Crippen MR) is 102 cm³/mol. The van der Waals surface area contributed by atoms with E-state index in [-0.39, 0.29) is 25.2 Å². The highest BCUT2D eigenvalue weighted by molar-refractivity contribution is 5.75. The Morgan fingerprint density at radius 3 is 2.20 bits per heavy atom. The minimum Gasteiger partial charge on any atom is -0.395 e. The van der Waals surface area contributed by atoms with Crippen molar-refractivity contribution in [2.75, 3.05) is 46.0 Å². The van der Waals surface area contributed by atoms with Crippen molar-refractivity contribution in [2.45, 2.75) is 71.3 Å². The third-order valence-corrected chi connectivity index (χ3v) is 4.24. The molecule has 0 aromatic carbocycles. The van der Waals surface area contributed by atoms with Gasteiger partial charge in [-0.15, -0.1) is 0 Å². The topological polar surface area (TPSA) is 82.0 Å². The van der Waals surface area contributed by atoms with Crippen molar-refractivity contribution in [1.82, 2.24) is 10.2 Å². The van der Waals surface area contributed by atoms with Crippen molar-refractivity contribution in [3.05, 3.63) is 0 Å². The lowest BCUT2D eigenvalue weighted by Crippen LogP contribution is -2.36. The first-order valence-electron chi connectivity index (χ1n) is 9.96. The normalized spacial score (nSPS) is 12.5. The second-order valence-corrected chi connectivity index (χ2v) is 6.65. The average molecular weight is 361 g/mol. The summed E-state index contributed by atoms with van der Waals surface area (Å²) < 4.78 is 5.68. The summed E-state index contributed by atoms with van der Waals surface area (Å²) in [5.41, 5.74) is 0. The molecule has 0 rings (SSSR count). The van der Waals surface area contributed by atoms with Gasteiger partial charge in [-0.2, -0.15) is 0 Å². The highest BCUT2D eigenvalue weighted by atomic mass is 16.5. The van der Waals surface area contributed by atoms with Gasteiger partial charge in [-0.25, -0.2) is 0 Å². The van der Waals surface area contributed by atoms with Crippen LogP contribution >= 0.6 is 0 Å². The van der Waals surface area contributed by atoms with Crippen molar-refractivity contribution in [3.8, 4) is 0 Å². The van der Waals surface area contributed by atoms with Gasteiger partial charge in [-0.05, 0) is 13.3 Å². The zero-order valence-corrected chi connectivity index (χ0v) is 16.3. The highest BCUT2D eigenvalue weighted by Gasteiger charge is 2.08. The van der Waals surface area contributed by atoms with Crippen LogP contribution in [0.1, 0.15) is 65.2 Å². The summed E-state index contributed by atoms with van der Waals surface area (Å²) in [6.07, 6.45) is 9.06. The van der Waals surface area contributed by atoms with E-state index in [1.165, 1.54) is 32.1 Å². The van der Waals surface area contributed by atoms with Crippen LogP contribution in [0.4, 0.5) is 0 Å². The molecule has 0 fully saturated rings. The Balaban J connectivity index is 3.56. The molecule has 0 heterocycles. The van der Waals surface area contributed by atoms with Crippen molar-refractivity contribution >= 4 is 5.91 Å². The summed E-state index contributed by atoms with van der Waals surface area (Å²) in [6, 6.07) is 0. The molecule has 0 aliphatic heterocycles. The number of nitrogens with zero attached hydrogens (tertiary/aromatic N) is 1. The minimum atomic E-state index is -0.0388. The first kappa shape index (κ1) is 24.3. The van der Waals surface area contributed by atoms with E-state index in [2.05, 4.69) is 12.2 Å². The fourth-order valence-electron chi connectivity index (χ4n) is 2.65. The predicted octanol–water partition coefficient (Wildman–Crippen LogP) is 1.94. The molecule has 0 saturated heterocycles. The Labute approximate surface area is 153 Å². The van der Waals surface area contributed by atoms with Crippen LogP contribution in [-0.2, 0) is 9.53 Å². The Hall–Kier alpha value is -0.690. The van der Waals surface area contributed by atoms with Gasteiger partial charge in [-0.1, -0.05) is 45.4 Å². The molecule has 1 unspecified atom stereocenters. The van der Waals surface area contributed by atoms with E-state index in [9.17, 15) is 4.79 Å². The Bertz CT molecular complexity index is 297. The first-order chi connectivity index (χ1) is 12.1. The number of rotatable bonds is 18. The van der Waals surface area contributed by atoms with E-state index in [1.54, 1.807) is 0 Å². The summed E-state index contributed by atoms with van der Waals surface area (Å²) in [6.45, 7) is 7.09. The zero-order valence-electron chi connectivity index (χ0n) is 16.3. The Kier molecular flexibility index (Phi) is 17.6. The van der Waals surface area contributed by atoms with Gasteiger partial charge in [0.2, 0.25) is 5.91 Å². The lowest BCUT2D eigenvalue weighted by molar-refractivity contribution is -0.121. The van der Waals surface area contributed by atoms with Crippen LogP contribution in [0.25, 0.3) is 0 Å². The molecule has 0 radical (unpaired) electrons. The third kappa shape index (κ3) is 16.5. The largest absolute Gasteiger partial charge is 0.395 e. The summed E-state index contributed by atoms with van der Waals surface area (Å²) in [5.74, 6) is 0.103. The quantitative estimate of drug-likeness (QED) is 0.325. The second-order valence-electron chi connectivity index (χ2n) is 6.65. The maximum Gasteiger partial charge on any atom is 0.220 e. The number of unbranched alkanes of at least 4 members (excludes halogenated alkanes) is 6. The Morgan fingerprint density at radius 1 is 1.00 bits per heavy atom. The number of aliphatic hydroxyl groups is 2. The molecule has 25 heavy (non-hydrogen) atoms. The number of aliphatic hydroxyl groups excluding tert-OH is 2. The van der Waals surface area contributed by atoms with E-state index in [4.69, 9.17) is 14.9 Å². The van der Waals surface area contributed by atoms with E-state index in [0.29, 0.717) is 39.2 Å². The van der Waals surface area contributed by atoms with Gasteiger partial charge in [0.15, 0.2) is 0 Å². The highest BCUT2D eigenvalue weighted by Crippen LogP contribution is 2.08. The molecule has 6 heteroatoms. The van der Waals surface area contributed by atoms with Gasteiger partial charge >= 0.3 is 0 Å². The van der Waals surface area contributed by atoms with Gasteiger partial charge < -0.3 is 20.3 Å². The second kappa shape index (κ2) is 18.1. The number of carbonyl (C=O) groups excluding carboxylic acids is 1. The van der Waals surface area contributed by atoms with Crippen molar-refractivity contribution in [2.24, 2.45) is 0 Å². The number of nitrogens with one attached hydrogen (secondary N) is 1. The van der Waals surface area contributed by atoms with Crippen LogP contribution in [0.5, 0.6) is 0 Å². The lowest BCUT2D eigenvalue weighted by atomic mass is 10.1. The van der Waals surface area contributed by atoms with Crippen LogP contribution in [0, 0.1) is 0 Å². The molecule has 3 N–H and O–H groups in total. The monoisotopic (exact) mass is 360 g/mol. The van der Waals surface area contributed by atoms with Crippen LogP contribution in [0.3, 0.4) is 0 Å². The third-order valence-electron chi connectivity index (χ3n) is 4.24. The number of hydrogen-bond acceptors (Lipinski definition) is 5. The SMILES string of the molecule is CCCCCCCCCC(=O)NCC(C)OCCN(CCO)CCO. The molecule has 0 aliphatic carbocycles. The number of amides is 1. The van der Waals surface area contributed by atoms with Crippen LogP contribution in [0.15, 0.2) is 0 Å². The van der Waals surface area contributed by atoms with E-state index < -0.39 is 0 Å². The first-order valence-corrected chi connectivity index (χ1v) is 9.96. The van der Waals surface area contributed by atoms with Gasteiger partial charge in [0.25, 0.3) is 0 Å². The van der Waals surface area contributed by atoms with Crippen LogP contribution in [-0.4, -0.2) is 73.1 Å². The minimum absolute atomic E-state index is 0.0388. The van der Waals surface area contributed by atoms with Gasteiger partial charge in [0.1, 0.15) is 0 Å². The molecule has 0 aromatic rings. The molecule has 0 bridgehead atoms. The zero-order chi connectivity index (χ0) is 18.8. The maximum absolute atomic E-state index is 11.8. The molecule has 0 spiro atoms. The fraction of sp³-hybridized carbons (Fsp3) is 0.947. The molecule has 1 atom stereocenters. The molecule has 0 aromatic heterocycles. The number of carbonyl (C=O) groups is 1. The van der Waals surface area contributed by atoms with Gasteiger partial charge in [-0.3, -0.25) is 9.69 Å². The number of ether oxygens (including phenoxy) is 1. The molecule has 0 aliphatic rings. The van der Waals surface area contributed by atoms with Crippen LogP contribution in [0.2, 0.25) is 0 Å². The smallest absolute Gasteiger partial charge is 0.220 e. The summed E-state index contributed by atoms with van der Waals surface area (Å²) in [7, 11) is 0. The molecule has 1 amide bonds. The summed E-state index contributed by atoms with van der Waals surface area (Å²) in [4.78, 5) is 13.8. The Morgan fingerprint density at radius 2 is 1.60 bits per heavy atom. The maximum atomic E-state index is 11.8. The average Bonchev–Trinajstić information content (AvgIpc) is 2.59. The van der Waals surface area contributed by atoms with E-state index >= 15 is 0 Å². The fourth-order valence-corrected chi connectivity index (χ4v) is 2.65. The molecular weight excluding hydrogens is 320 g/mol. The standard InChI is InChI=1S/C19H40N2O4/c1-3-4-5-6-7-8-9-10-19(24)20-17-18(2)25-16-13-21(11-14-22)12-15-23/h18,22-23H,3-17H2,1-2H3,(H,20,24). The van der Waals surface area contributed by atoms with E-state index in [1.807, 2.05) is 11.8 Å². The van der Waals surface area contributed by atoms with Crippen molar-refractivity contribution in [3.63, 3.8) is 0 Å². The van der Waals surface area contributed by atoms with Crippen LogP contribution < -0.4 is 5.32 Å². The van der Waals surface area contributed by atoms with Gasteiger partial charge in [0, 0.05) is 32.6 Å². The van der Waals surface area contributed by atoms with Crippen molar-refractivity contribution < 1.29 is 19.7 Å². The summed E-state index contributed by atoms with van der Waals surface area (Å²) in [5, 5.41) is 20.8. The number of hydrogen-bond donors (Lipinski definition) is 3.